The van der Waals surface area contributed by atoms with E-state index in [0.717, 1.165) is 0 Å². The fourth-order valence-corrected chi connectivity index (χ4v) is 1.16. The summed E-state index contributed by atoms with van der Waals surface area (Å²) in [6.45, 7) is 6.11. The maximum Gasteiger partial charge on any atom is 0.149 e. The van der Waals surface area contributed by atoms with Crippen LogP contribution >= 0.6 is 27.2 Å². The topological polar surface area (TPSA) is 9.23 Å². The van der Waals surface area contributed by atoms with Crippen molar-refractivity contribution in [2.75, 3.05) is 6.61 Å². The largest absolute Gasteiger partial charge is 0.368 e. The molecule has 0 N–H and O–H groups in total. The van der Waals surface area contributed by atoms with Gasteiger partial charge in [0.2, 0.25) is 0 Å². The van der Waals surface area contributed by atoms with E-state index in [0.29, 0.717) is 6.61 Å². The molecule has 0 aromatic rings. The molecule has 0 aromatic carbocycles. The third kappa shape index (κ3) is 3.06. The van der Waals surface area contributed by atoms with E-state index < -0.39 is 10.1 Å². The lowest BCUT2D eigenvalue weighted by atomic mass is 10.5. The number of halogens is 2. The van der Waals surface area contributed by atoms with Gasteiger partial charge in [0.05, 0.1) is 0 Å². The van der Waals surface area contributed by atoms with E-state index in [1.165, 1.54) is 0 Å². The van der Waals surface area contributed by atoms with E-state index in [-0.39, 0.29) is 0 Å². The van der Waals surface area contributed by atoms with E-state index in [2.05, 4.69) is 0 Å². The Balaban J connectivity index is 4.25. The third-order valence-corrected chi connectivity index (χ3v) is 6.27. The van der Waals surface area contributed by atoms with Gasteiger partial charge >= 0.3 is 0 Å². The van der Waals surface area contributed by atoms with Crippen molar-refractivity contribution in [3.05, 3.63) is 0 Å². The van der Waals surface area contributed by atoms with Gasteiger partial charge in [-0.05, 0) is 20.8 Å². The summed E-state index contributed by atoms with van der Waals surface area (Å²) in [6.07, 6.45) is 0. The Labute approximate surface area is 76.6 Å². The molecule has 0 unspecified atom stereocenters. The zero-order chi connectivity index (χ0) is 8.41. The molecule has 0 saturated carbocycles. The van der Waals surface area contributed by atoms with Crippen LogP contribution in [0.5, 0.6) is 0 Å². The molecule has 10 heavy (non-hydrogen) atoms. The van der Waals surface area contributed by atoms with Crippen LogP contribution < -0.4 is 0 Å². The zero-order valence-electron chi connectivity index (χ0n) is 6.23. The van der Waals surface area contributed by atoms with E-state index in [1.807, 2.05) is 20.8 Å². The lowest BCUT2D eigenvalue weighted by molar-refractivity contribution is 0.0597. The SMILES string of the molecule is CCOC(C)(C)P(=S)(Cl)Cl. The van der Waals surface area contributed by atoms with Gasteiger partial charge < -0.3 is 4.74 Å². The van der Waals surface area contributed by atoms with Crippen molar-refractivity contribution in [2.45, 2.75) is 26.1 Å². The smallest absolute Gasteiger partial charge is 0.149 e. The molecule has 0 radical (unpaired) electrons. The first kappa shape index (κ1) is 11.2. The highest BCUT2D eigenvalue weighted by molar-refractivity contribution is 8.39. The molecule has 62 valence electrons. The van der Waals surface area contributed by atoms with Crippen LogP contribution in [0.25, 0.3) is 0 Å². The van der Waals surface area contributed by atoms with Crippen LogP contribution in [0.15, 0.2) is 0 Å². The molecule has 0 heterocycles. The number of hydrogen-bond donors (Lipinski definition) is 0. The molecular weight excluding hydrogens is 210 g/mol. The molecule has 5 heteroatoms. The van der Waals surface area contributed by atoms with Crippen LogP contribution in [0.2, 0.25) is 0 Å². The highest BCUT2D eigenvalue weighted by atomic mass is 35.9. The van der Waals surface area contributed by atoms with Gasteiger partial charge in [-0.15, -0.1) is 0 Å². The van der Waals surface area contributed by atoms with Crippen LogP contribution in [0, 0.1) is 0 Å². The molecule has 0 saturated heterocycles. The van der Waals surface area contributed by atoms with Gasteiger partial charge in [0, 0.05) is 6.61 Å². The van der Waals surface area contributed by atoms with E-state index in [1.54, 1.807) is 0 Å². The van der Waals surface area contributed by atoms with Crippen LogP contribution in [0.3, 0.4) is 0 Å². The number of hydrogen-bond acceptors (Lipinski definition) is 2. The predicted molar refractivity (Wildman–Crippen MR) is 51.7 cm³/mol. The average Bonchev–Trinajstić information content (AvgIpc) is 1.61. The lowest BCUT2D eigenvalue weighted by Crippen LogP contribution is -2.20. The third-order valence-electron chi connectivity index (χ3n) is 1.12. The van der Waals surface area contributed by atoms with Gasteiger partial charge in [0.25, 0.3) is 0 Å². The Morgan fingerprint density at radius 3 is 2.00 bits per heavy atom. The van der Waals surface area contributed by atoms with Crippen LogP contribution in [-0.2, 0) is 16.5 Å². The quantitative estimate of drug-likeness (QED) is 0.674. The van der Waals surface area contributed by atoms with Crippen molar-refractivity contribution in [3.63, 3.8) is 0 Å². The molecule has 0 aliphatic heterocycles. The minimum absolute atomic E-state index is 0.555. The summed E-state index contributed by atoms with van der Waals surface area (Å²) >= 11 is 16.4. The van der Waals surface area contributed by atoms with Crippen LogP contribution in [-0.4, -0.2) is 11.9 Å². The summed E-state index contributed by atoms with van der Waals surface area (Å²) < 4.78 is 2.95. The molecule has 1 nitrogen and oxygen atoms in total. The average molecular weight is 221 g/mol. The van der Waals surface area contributed by atoms with Gasteiger partial charge in [0.15, 0.2) is 0 Å². The molecule has 0 fully saturated rings. The van der Waals surface area contributed by atoms with Crippen LogP contribution in [0.1, 0.15) is 20.8 Å². The Hall–Kier alpha value is 1.19. The molecule has 0 aliphatic rings. The lowest BCUT2D eigenvalue weighted by Gasteiger charge is -2.27. The number of ether oxygens (including phenoxy) is 1. The van der Waals surface area contributed by atoms with Crippen molar-refractivity contribution in [2.24, 2.45) is 0 Å². The van der Waals surface area contributed by atoms with Gasteiger partial charge in [-0.3, -0.25) is 0 Å². The minimum Gasteiger partial charge on any atom is -0.368 e. The Morgan fingerprint density at radius 1 is 1.50 bits per heavy atom. The van der Waals surface area contributed by atoms with E-state index in [4.69, 9.17) is 39.0 Å². The molecule has 0 spiro atoms. The van der Waals surface area contributed by atoms with Crippen molar-refractivity contribution in [3.8, 4) is 0 Å². The molecule has 0 atom stereocenters. The Kier molecular flexibility index (Phi) is 4.17. The van der Waals surface area contributed by atoms with Crippen molar-refractivity contribution in [1.82, 2.24) is 0 Å². The maximum absolute atomic E-state index is 5.77. The molecule has 0 aliphatic carbocycles. The molecule has 0 amide bonds. The van der Waals surface area contributed by atoms with Crippen molar-refractivity contribution in [1.29, 1.82) is 0 Å². The normalized spacial score (nSPS) is 13.7. The van der Waals surface area contributed by atoms with Gasteiger partial charge in [-0.1, -0.05) is 34.3 Å². The maximum atomic E-state index is 5.77. The summed E-state index contributed by atoms with van der Waals surface area (Å²) in [7, 11) is 0. The zero-order valence-corrected chi connectivity index (χ0v) is 9.45. The summed E-state index contributed by atoms with van der Waals surface area (Å²) in [5, 5.41) is -0.555. The summed E-state index contributed by atoms with van der Waals surface area (Å²) in [4.78, 5) is 0. The second-order valence-corrected chi connectivity index (χ2v) is 10.8. The van der Waals surface area contributed by atoms with Gasteiger partial charge in [0.1, 0.15) is 10.1 Å². The minimum atomic E-state index is -2.33. The first-order chi connectivity index (χ1) is 4.31. The number of rotatable bonds is 3. The fraction of sp³-hybridized carbons (Fsp3) is 1.00. The summed E-state index contributed by atoms with van der Waals surface area (Å²) in [5.41, 5.74) is 0. The summed E-state index contributed by atoms with van der Waals surface area (Å²) in [6, 6.07) is 0. The molecule has 0 rings (SSSR count). The predicted octanol–water partition coefficient (Wildman–Crippen LogP) is 3.55. The van der Waals surface area contributed by atoms with Crippen molar-refractivity contribution < 1.29 is 4.74 Å². The Morgan fingerprint density at radius 2 is 1.90 bits per heavy atom. The highest BCUT2D eigenvalue weighted by Crippen LogP contribution is 2.67. The highest BCUT2D eigenvalue weighted by Gasteiger charge is 2.33. The second kappa shape index (κ2) is 3.73. The van der Waals surface area contributed by atoms with E-state index in [9.17, 15) is 0 Å². The van der Waals surface area contributed by atoms with Crippen LogP contribution in [0.4, 0.5) is 0 Å². The van der Waals surface area contributed by atoms with E-state index >= 15 is 0 Å². The Bertz CT molecular complexity index is 154. The molecular formula is C5H11Cl2OPS. The monoisotopic (exact) mass is 220 g/mol. The first-order valence-corrected chi connectivity index (χ1v) is 7.56. The van der Waals surface area contributed by atoms with Gasteiger partial charge in [-0.2, -0.15) is 0 Å². The fourth-order valence-electron chi connectivity index (χ4n) is 0.428. The first-order valence-electron chi connectivity index (χ1n) is 2.94. The second-order valence-electron chi connectivity index (χ2n) is 2.34. The molecule has 0 bridgehead atoms. The summed E-state index contributed by atoms with van der Waals surface area (Å²) in [5.74, 6) is 0. The van der Waals surface area contributed by atoms with Crippen molar-refractivity contribution >= 4 is 39.0 Å². The standard InChI is InChI=1S/C5H11Cl2OPS/c1-4-8-5(2,3)9(6,7)10/h4H2,1-3H3. The van der Waals surface area contributed by atoms with Gasteiger partial charge in [-0.25, -0.2) is 0 Å². The molecule has 0 aromatic heterocycles.